The lowest BCUT2D eigenvalue weighted by Crippen LogP contribution is -2.56. The average molecular weight is 477 g/mol. The van der Waals surface area contributed by atoms with E-state index >= 15 is 0 Å². The van der Waals surface area contributed by atoms with Gasteiger partial charge in [-0.3, -0.25) is 4.79 Å². The highest BCUT2D eigenvalue weighted by Crippen LogP contribution is 2.45. The van der Waals surface area contributed by atoms with Gasteiger partial charge in [0.05, 0.1) is 0 Å². The van der Waals surface area contributed by atoms with E-state index in [0.29, 0.717) is 19.5 Å². The van der Waals surface area contributed by atoms with Crippen molar-refractivity contribution in [2.24, 2.45) is 17.3 Å². The van der Waals surface area contributed by atoms with E-state index in [1.54, 1.807) is 4.90 Å². The zero-order chi connectivity index (χ0) is 24.7. The molecular formula is C28H32N2O5. The fourth-order valence-corrected chi connectivity index (χ4v) is 5.95. The summed E-state index contributed by atoms with van der Waals surface area (Å²) in [7, 11) is 0. The number of hydrogen-bond donors (Lipinski definition) is 2. The molecule has 3 aliphatic rings. The van der Waals surface area contributed by atoms with Crippen molar-refractivity contribution < 1.29 is 24.2 Å². The molecule has 35 heavy (non-hydrogen) atoms. The molecule has 1 unspecified atom stereocenters. The molecule has 0 spiro atoms. The van der Waals surface area contributed by atoms with Crippen LogP contribution in [0.3, 0.4) is 0 Å². The summed E-state index contributed by atoms with van der Waals surface area (Å²) < 4.78 is 5.58. The van der Waals surface area contributed by atoms with Crippen molar-refractivity contribution >= 4 is 18.0 Å². The molecule has 2 aliphatic carbocycles. The first-order valence-electron chi connectivity index (χ1n) is 12.4. The quantitative estimate of drug-likeness (QED) is 0.649. The van der Waals surface area contributed by atoms with Crippen LogP contribution in [0.2, 0.25) is 0 Å². The molecule has 1 saturated heterocycles. The highest BCUT2D eigenvalue weighted by Gasteiger charge is 2.51. The van der Waals surface area contributed by atoms with Crippen LogP contribution in [-0.4, -0.2) is 53.7 Å². The third-order valence-corrected chi connectivity index (χ3v) is 7.88. The van der Waals surface area contributed by atoms with E-state index in [1.165, 1.54) is 11.1 Å². The Labute approximate surface area is 205 Å². The normalized spacial score (nSPS) is 24.3. The Hall–Kier alpha value is -3.35. The Balaban J connectivity index is 1.14. The van der Waals surface area contributed by atoms with Gasteiger partial charge in [0.25, 0.3) is 0 Å². The highest BCUT2D eigenvalue weighted by atomic mass is 16.5. The van der Waals surface area contributed by atoms with Gasteiger partial charge in [0, 0.05) is 24.9 Å². The van der Waals surface area contributed by atoms with Crippen LogP contribution in [0.15, 0.2) is 48.5 Å². The van der Waals surface area contributed by atoms with Crippen molar-refractivity contribution in [2.45, 2.75) is 45.1 Å². The molecule has 0 bridgehead atoms. The van der Waals surface area contributed by atoms with Gasteiger partial charge in [0.15, 0.2) is 0 Å². The van der Waals surface area contributed by atoms with Gasteiger partial charge in [0.1, 0.15) is 12.6 Å². The number of alkyl carbamates (subject to hydrolysis) is 1. The summed E-state index contributed by atoms with van der Waals surface area (Å²) in [5.74, 6) is -1.28. The number of carboxylic acid groups (broad SMARTS) is 1. The number of carboxylic acids is 1. The molecule has 5 rings (SSSR count). The van der Waals surface area contributed by atoms with Crippen LogP contribution in [0, 0.1) is 17.3 Å². The van der Waals surface area contributed by atoms with Gasteiger partial charge in [-0.25, -0.2) is 9.59 Å². The number of carbonyl (C=O) groups is 3. The predicted octanol–water partition coefficient (Wildman–Crippen LogP) is 4.26. The summed E-state index contributed by atoms with van der Waals surface area (Å²) in [5.41, 5.74) is 4.22. The van der Waals surface area contributed by atoms with E-state index in [-0.39, 0.29) is 30.3 Å². The van der Waals surface area contributed by atoms with E-state index in [2.05, 4.69) is 29.6 Å². The first-order valence-corrected chi connectivity index (χ1v) is 12.4. The van der Waals surface area contributed by atoms with Crippen molar-refractivity contribution in [1.29, 1.82) is 0 Å². The molecule has 2 fully saturated rings. The maximum absolute atomic E-state index is 13.1. The van der Waals surface area contributed by atoms with Crippen LogP contribution in [0.5, 0.6) is 0 Å². The number of aliphatic carboxylic acids is 1. The number of fused-ring (bicyclic) bond motifs is 3. The van der Waals surface area contributed by atoms with Gasteiger partial charge in [0.2, 0.25) is 5.91 Å². The Morgan fingerprint density at radius 2 is 1.69 bits per heavy atom. The number of nitrogens with zero attached hydrogens (tertiary/aromatic N) is 1. The fourth-order valence-electron chi connectivity index (χ4n) is 5.95. The number of carbonyl (C=O) groups excluding carboxylic acids is 2. The lowest BCUT2D eigenvalue weighted by atomic mass is 9.76. The minimum Gasteiger partial charge on any atom is -0.480 e. The van der Waals surface area contributed by atoms with Crippen LogP contribution < -0.4 is 5.32 Å². The smallest absolute Gasteiger partial charge is 0.407 e. The Morgan fingerprint density at radius 1 is 1.06 bits per heavy atom. The van der Waals surface area contributed by atoms with Crippen LogP contribution >= 0.6 is 0 Å². The highest BCUT2D eigenvalue weighted by molar-refractivity contribution is 5.87. The van der Waals surface area contributed by atoms with Gasteiger partial charge in [-0.2, -0.15) is 0 Å². The Kier molecular flexibility index (Phi) is 6.03. The molecule has 184 valence electrons. The van der Waals surface area contributed by atoms with Gasteiger partial charge in [-0.1, -0.05) is 62.4 Å². The van der Waals surface area contributed by atoms with Crippen molar-refractivity contribution in [3.05, 3.63) is 59.7 Å². The number of piperidine rings is 1. The van der Waals surface area contributed by atoms with Crippen molar-refractivity contribution in [2.75, 3.05) is 19.7 Å². The Bertz CT molecular complexity index is 1110. The van der Waals surface area contributed by atoms with Crippen molar-refractivity contribution in [1.82, 2.24) is 10.2 Å². The summed E-state index contributed by atoms with van der Waals surface area (Å²) in [4.78, 5) is 39.0. The van der Waals surface area contributed by atoms with Crippen molar-refractivity contribution in [3.63, 3.8) is 0 Å². The first kappa shape index (κ1) is 23.4. The summed E-state index contributed by atoms with van der Waals surface area (Å²) in [5, 5.41) is 12.5. The number of likely N-dealkylation sites (tertiary alicyclic amines) is 1. The summed E-state index contributed by atoms with van der Waals surface area (Å²) in [6.07, 6.45) is 1.75. The summed E-state index contributed by atoms with van der Waals surface area (Å²) in [6, 6.07) is 15.6. The SMILES string of the molecule is CC1(C)CCCN(C(=O)[C@H]2C[C@H]2CNC(=O)OCC2c3ccccc3-c3ccccc32)C1C(=O)O. The molecule has 3 atom stereocenters. The third-order valence-electron chi connectivity index (χ3n) is 7.88. The predicted molar refractivity (Wildman–Crippen MR) is 131 cm³/mol. The lowest BCUT2D eigenvalue weighted by molar-refractivity contribution is -0.159. The van der Waals surface area contributed by atoms with Gasteiger partial charge in [-0.05, 0) is 52.8 Å². The minimum absolute atomic E-state index is 0.00110. The van der Waals surface area contributed by atoms with E-state index in [9.17, 15) is 19.5 Å². The van der Waals surface area contributed by atoms with Gasteiger partial charge < -0.3 is 20.1 Å². The fraction of sp³-hybridized carbons (Fsp3) is 0.464. The van der Waals surface area contributed by atoms with Crippen molar-refractivity contribution in [3.8, 4) is 11.1 Å². The molecule has 2 aromatic carbocycles. The molecule has 1 aliphatic heterocycles. The summed E-state index contributed by atoms with van der Waals surface area (Å²) in [6.45, 7) is 4.89. The van der Waals surface area contributed by atoms with Gasteiger partial charge in [-0.15, -0.1) is 0 Å². The lowest BCUT2D eigenvalue weighted by Gasteiger charge is -2.44. The second kappa shape index (κ2) is 9.02. The minimum atomic E-state index is -0.947. The average Bonchev–Trinajstić information content (AvgIpc) is 3.54. The zero-order valence-electron chi connectivity index (χ0n) is 20.2. The monoisotopic (exact) mass is 476 g/mol. The maximum Gasteiger partial charge on any atom is 0.407 e. The van der Waals surface area contributed by atoms with Crippen LogP contribution in [-0.2, 0) is 14.3 Å². The molecule has 2 N–H and O–H groups in total. The first-order chi connectivity index (χ1) is 16.8. The van der Waals surface area contributed by atoms with E-state index < -0.39 is 23.5 Å². The number of ether oxygens (including phenoxy) is 1. The number of nitrogens with one attached hydrogen (secondary N) is 1. The Morgan fingerprint density at radius 3 is 2.31 bits per heavy atom. The van der Waals surface area contributed by atoms with E-state index in [1.807, 2.05) is 38.1 Å². The summed E-state index contributed by atoms with van der Waals surface area (Å²) >= 11 is 0. The van der Waals surface area contributed by atoms with E-state index in [0.717, 1.165) is 24.0 Å². The molecular weight excluding hydrogens is 444 g/mol. The molecule has 0 aromatic heterocycles. The number of benzene rings is 2. The number of hydrogen-bond acceptors (Lipinski definition) is 4. The van der Waals surface area contributed by atoms with Crippen LogP contribution in [0.4, 0.5) is 4.79 Å². The largest absolute Gasteiger partial charge is 0.480 e. The topological polar surface area (TPSA) is 95.9 Å². The maximum atomic E-state index is 13.1. The zero-order valence-corrected chi connectivity index (χ0v) is 20.2. The van der Waals surface area contributed by atoms with Gasteiger partial charge >= 0.3 is 12.1 Å². The molecule has 1 heterocycles. The number of rotatable bonds is 6. The molecule has 0 radical (unpaired) electrons. The molecule has 7 heteroatoms. The molecule has 2 amide bonds. The molecule has 1 saturated carbocycles. The molecule has 2 aromatic rings. The second-order valence-corrected chi connectivity index (χ2v) is 10.7. The van der Waals surface area contributed by atoms with Crippen LogP contribution in [0.1, 0.15) is 50.2 Å². The van der Waals surface area contributed by atoms with E-state index in [4.69, 9.17) is 4.74 Å². The van der Waals surface area contributed by atoms with Crippen LogP contribution in [0.25, 0.3) is 11.1 Å². The third kappa shape index (κ3) is 4.40. The standard InChI is InChI=1S/C28H32N2O5/c1-28(2)12-7-13-30(24(28)26(32)33)25(31)22-14-17(22)15-29-27(34)35-16-23-20-10-5-3-8-18(20)19-9-4-6-11-21(19)23/h3-6,8-11,17,22-24H,7,12-16H2,1-2H3,(H,29,34)(H,32,33)/t17-,22-,24?/m0/s1. The number of amides is 2. The molecule has 7 nitrogen and oxygen atoms in total. The second-order valence-electron chi connectivity index (χ2n) is 10.7.